The van der Waals surface area contributed by atoms with Crippen LogP contribution in [0.3, 0.4) is 0 Å². The van der Waals surface area contributed by atoms with E-state index in [1.165, 1.54) is 0 Å². The molecule has 1 aliphatic heterocycles. The van der Waals surface area contributed by atoms with Gasteiger partial charge in [0.2, 0.25) is 5.91 Å². The normalized spacial score (nSPS) is 14.4. The molecule has 26 heavy (non-hydrogen) atoms. The molecule has 0 spiro atoms. The molecule has 2 aromatic rings. The SMILES string of the molecule is COc1cccc(CC(=O)N2CCN(C(=O)c3ccc(C)n3C)CC2)c1. The molecule has 0 radical (unpaired) electrons. The second-order valence-electron chi connectivity index (χ2n) is 6.62. The molecule has 0 aliphatic carbocycles. The van der Waals surface area contributed by atoms with E-state index in [0.717, 1.165) is 17.0 Å². The molecule has 138 valence electrons. The van der Waals surface area contributed by atoms with E-state index in [4.69, 9.17) is 4.74 Å². The summed E-state index contributed by atoms with van der Waals surface area (Å²) < 4.78 is 7.11. The van der Waals surface area contributed by atoms with Gasteiger partial charge in [0.1, 0.15) is 11.4 Å². The van der Waals surface area contributed by atoms with Crippen LogP contribution in [0.25, 0.3) is 0 Å². The van der Waals surface area contributed by atoms with Gasteiger partial charge in [-0.1, -0.05) is 12.1 Å². The molecule has 1 aliphatic rings. The van der Waals surface area contributed by atoms with Crippen LogP contribution < -0.4 is 4.74 Å². The first-order valence-electron chi connectivity index (χ1n) is 8.82. The van der Waals surface area contributed by atoms with E-state index < -0.39 is 0 Å². The van der Waals surface area contributed by atoms with E-state index in [-0.39, 0.29) is 11.8 Å². The van der Waals surface area contributed by atoms with Crippen LogP contribution in [0.4, 0.5) is 0 Å². The van der Waals surface area contributed by atoms with Gasteiger partial charge in [-0.3, -0.25) is 9.59 Å². The van der Waals surface area contributed by atoms with Crippen molar-refractivity contribution >= 4 is 11.8 Å². The Bertz CT molecular complexity index is 804. The quantitative estimate of drug-likeness (QED) is 0.841. The predicted molar refractivity (Wildman–Crippen MR) is 99.3 cm³/mol. The molecule has 0 saturated carbocycles. The fraction of sp³-hybridized carbons (Fsp3) is 0.400. The smallest absolute Gasteiger partial charge is 0.270 e. The molecular formula is C20H25N3O3. The summed E-state index contributed by atoms with van der Waals surface area (Å²) in [5.41, 5.74) is 2.69. The van der Waals surface area contributed by atoms with E-state index in [9.17, 15) is 9.59 Å². The fourth-order valence-electron chi connectivity index (χ4n) is 3.22. The molecule has 0 bridgehead atoms. The Hall–Kier alpha value is -2.76. The summed E-state index contributed by atoms with van der Waals surface area (Å²) in [6.45, 7) is 4.24. The molecule has 1 aromatic heterocycles. The number of nitrogens with zero attached hydrogens (tertiary/aromatic N) is 3. The molecule has 0 atom stereocenters. The summed E-state index contributed by atoms with van der Waals surface area (Å²) in [5.74, 6) is 0.865. The number of methoxy groups -OCH3 is 1. The lowest BCUT2D eigenvalue weighted by atomic mass is 10.1. The lowest BCUT2D eigenvalue weighted by Gasteiger charge is -2.35. The number of piperazine rings is 1. The van der Waals surface area contributed by atoms with Gasteiger partial charge in [0.05, 0.1) is 13.5 Å². The number of aromatic nitrogens is 1. The number of hydrogen-bond donors (Lipinski definition) is 0. The lowest BCUT2D eigenvalue weighted by molar-refractivity contribution is -0.131. The number of carbonyl (C=O) groups is 2. The second kappa shape index (κ2) is 7.64. The van der Waals surface area contributed by atoms with Crippen LogP contribution >= 0.6 is 0 Å². The molecule has 1 fully saturated rings. The van der Waals surface area contributed by atoms with Crippen molar-refractivity contribution in [2.24, 2.45) is 7.05 Å². The van der Waals surface area contributed by atoms with Crippen molar-refractivity contribution in [3.05, 3.63) is 53.3 Å². The Kier molecular flexibility index (Phi) is 5.30. The largest absolute Gasteiger partial charge is 0.497 e. The van der Waals surface area contributed by atoms with Gasteiger partial charge in [-0.15, -0.1) is 0 Å². The average molecular weight is 355 g/mol. The molecular weight excluding hydrogens is 330 g/mol. The summed E-state index contributed by atoms with van der Waals surface area (Å²) in [5, 5.41) is 0. The first-order chi connectivity index (χ1) is 12.5. The Balaban J connectivity index is 1.56. The van der Waals surface area contributed by atoms with Crippen molar-refractivity contribution in [1.29, 1.82) is 0 Å². The van der Waals surface area contributed by atoms with Crippen LogP contribution in [0, 0.1) is 6.92 Å². The summed E-state index contributed by atoms with van der Waals surface area (Å²) >= 11 is 0. The Morgan fingerprint density at radius 2 is 1.73 bits per heavy atom. The minimum absolute atomic E-state index is 0.0282. The maximum atomic E-state index is 12.7. The number of rotatable bonds is 4. The molecule has 2 heterocycles. The minimum atomic E-state index is 0.0282. The van der Waals surface area contributed by atoms with Crippen LogP contribution in [0.2, 0.25) is 0 Å². The van der Waals surface area contributed by atoms with Gasteiger partial charge in [-0.25, -0.2) is 0 Å². The van der Waals surface area contributed by atoms with E-state index in [2.05, 4.69) is 0 Å². The molecule has 1 aromatic carbocycles. The molecule has 6 heteroatoms. The van der Waals surface area contributed by atoms with E-state index in [0.29, 0.717) is 38.3 Å². The number of benzene rings is 1. The first kappa shape index (κ1) is 18.0. The molecule has 3 rings (SSSR count). The molecule has 0 N–H and O–H groups in total. The number of carbonyl (C=O) groups excluding carboxylic acids is 2. The van der Waals surface area contributed by atoms with Crippen molar-refractivity contribution in [3.63, 3.8) is 0 Å². The highest BCUT2D eigenvalue weighted by Crippen LogP contribution is 2.15. The summed E-state index contributed by atoms with van der Waals surface area (Å²) in [7, 11) is 3.52. The summed E-state index contributed by atoms with van der Waals surface area (Å²) in [6.07, 6.45) is 0.349. The number of hydrogen-bond acceptors (Lipinski definition) is 3. The monoisotopic (exact) mass is 355 g/mol. The van der Waals surface area contributed by atoms with Gasteiger partial charge in [-0.05, 0) is 36.8 Å². The second-order valence-corrected chi connectivity index (χ2v) is 6.62. The van der Waals surface area contributed by atoms with Crippen molar-refractivity contribution in [3.8, 4) is 5.75 Å². The standard InChI is InChI=1S/C20H25N3O3/c1-15-7-8-18(21(15)2)20(25)23-11-9-22(10-12-23)19(24)14-16-5-4-6-17(13-16)26-3/h4-8,13H,9-12,14H2,1-3H3. The van der Waals surface area contributed by atoms with Crippen LogP contribution in [0.15, 0.2) is 36.4 Å². The number of ether oxygens (including phenoxy) is 1. The fourth-order valence-corrected chi connectivity index (χ4v) is 3.22. The van der Waals surface area contributed by atoms with E-state index in [1.54, 1.807) is 7.11 Å². The highest BCUT2D eigenvalue weighted by atomic mass is 16.5. The van der Waals surface area contributed by atoms with Gasteiger partial charge in [0.15, 0.2) is 0 Å². The number of aryl methyl sites for hydroxylation is 1. The third-order valence-corrected chi connectivity index (χ3v) is 5.00. The van der Waals surface area contributed by atoms with Crippen molar-refractivity contribution in [2.75, 3.05) is 33.3 Å². The maximum Gasteiger partial charge on any atom is 0.270 e. The van der Waals surface area contributed by atoms with Gasteiger partial charge in [0, 0.05) is 38.9 Å². The number of amides is 2. The zero-order chi connectivity index (χ0) is 18.7. The van der Waals surface area contributed by atoms with Crippen LogP contribution in [0.1, 0.15) is 21.7 Å². The van der Waals surface area contributed by atoms with Gasteiger partial charge in [-0.2, -0.15) is 0 Å². The van der Waals surface area contributed by atoms with Crippen molar-refractivity contribution in [2.45, 2.75) is 13.3 Å². The third kappa shape index (κ3) is 3.74. The first-order valence-corrected chi connectivity index (χ1v) is 8.82. The van der Waals surface area contributed by atoms with Crippen LogP contribution in [0.5, 0.6) is 5.75 Å². The highest BCUT2D eigenvalue weighted by molar-refractivity contribution is 5.93. The minimum Gasteiger partial charge on any atom is -0.497 e. The van der Waals surface area contributed by atoms with E-state index >= 15 is 0 Å². The van der Waals surface area contributed by atoms with Gasteiger partial charge >= 0.3 is 0 Å². The average Bonchev–Trinajstić information content (AvgIpc) is 3.00. The summed E-state index contributed by atoms with van der Waals surface area (Å²) in [6, 6.07) is 11.4. The molecule has 0 unspecified atom stereocenters. The van der Waals surface area contributed by atoms with Crippen LogP contribution in [-0.4, -0.2) is 59.5 Å². The molecule has 1 saturated heterocycles. The third-order valence-electron chi connectivity index (χ3n) is 5.00. The summed E-state index contributed by atoms with van der Waals surface area (Å²) in [4.78, 5) is 28.9. The predicted octanol–water partition coefficient (Wildman–Crippen LogP) is 1.87. The van der Waals surface area contributed by atoms with Gasteiger partial charge in [0.25, 0.3) is 5.91 Å². The molecule has 2 amide bonds. The zero-order valence-electron chi connectivity index (χ0n) is 15.6. The lowest BCUT2D eigenvalue weighted by Crippen LogP contribution is -2.51. The topological polar surface area (TPSA) is 54.8 Å². The van der Waals surface area contributed by atoms with Crippen molar-refractivity contribution in [1.82, 2.24) is 14.4 Å². The Morgan fingerprint density at radius 3 is 2.35 bits per heavy atom. The zero-order valence-corrected chi connectivity index (χ0v) is 15.6. The maximum absolute atomic E-state index is 12.7. The van der Waals surface area contributed by atoms with E-state index in [1.807, 2.05) is 64.7 Å². The highest BCUT2D eigenvalue weighted by Gasteiger charge is 2.26. The van der Waals surface area contributed by atoms with Crippen molar-refractivity contribution < 1.29 is 14.3 Å². The Labute approximate surface area is 154 Å². The Morgan fingerprint density at radius 1 is 1.04 bits per heavy atom. The molecule has 6 nitrogen and oxygen atoms in total. The van der Waals surface area contributed by atoms with Crippen LogP contribution in [-0.2, 0) is 18.3 Å². The van der Waals surface area contributed by atoms with Gasteiger partial charge < -0.3 is 19.1 Å².